The second-order valence-corrected chi connectivity index (χ2v) is 4.96. The van der Waals surface area contributed by atoms with E-state index in [9.17, 15) is 13.9 Å². The van der Waals surface area contributed by atoms with Gasteiger partial charge in [0.25, 0.3) is 0 Å². The van der Waals surface area contributed by atoms with E-state index < -0.39 is 18.0 Å². The summed E-state index contributed by atoms with van der Waals surface area (Å²) in [7, 11) is 1.38. The van der Waals surface area contributed by atoms with Crippen LogP contribution in [0.5, 0.6) is 11.5 Å². The van der Waals surface area contributed by atoms with Crippen LogP contribution >= 0.6 is 0 Å². The van der Waals surface area contributed by atoms with Crippen LogP contribution in [0.3, 0.4) is 0 Å². The molecule has 0 unspecified atom stereocenters. The number of hydrogen-bond acceptors (Lipinski definition) is 3. The molecule has 1 heterocycles. The van der Waals surface area contributed by atoms with Crippen LogP contribution in [0.15, 0.2) is 36.4 Å². The lowest BCUT2D eigenvalue weighted by Gasteiger charge is -2.31. The number of rotatable bonds is 2. The number of ether oxygens (including phenoxy) is 2. The first kappa shape index (κ1) is 13.8. The Morgan fingerprint density at radius 3 is 2.71 bits per heavy atom. The van der Waals surface area contributed by atoms with Crippen molar-refractivity contribution in [2.24, 2.45) is 0 Å². The Labute approximate surface area is 120 Å². The highest BCUT2D eigenvalue weighted by atomic mass is 19.1. The Morgan fingerprint density at radius 2 is 2.00 bits per heavy atom. The summed E-state index contributed by atoms with van der Waals surface area (Å²) in [5.41, 5.74) is 1.11. The Morgan fingerprint density at radius 1 is 1.19 bits per heavy atom. The first-order valence-corrected chi connectivity index (χ1v) is 6.55. The van der Waals surface area contributed by atoms with E-state index in [0.717, 1.165) is 0 Å². The number of fused-ring (bicyclic) bond motifs is 1. The highest BCUT2D eigenvalue weighted by Crippen LogP contribution is 2.36. The molecule has 0 spiro atoms. The van der Waals surface area contributed by atoms with Crippen molar-refractivity contribution in [2.45, 2.75) is 18.6 Å². The van der Waals surface area contributed by atoms with Crippen molar-refractivity contribution in [3.63, 3.8) is 0 Å². The molecule has 0 saturated heterocycles. The van der Waals surface area contributed by atoms with Crippen LogP contribution in [0.25, 0.3) is 0 Å². The predicted molar refractivity (Wildman–Crippen MR) is 72.4 cm³/mol. The second kappa shape index (κ2) is 5.33. The van der Waals surface area contributed by atoms with E-state index in [1.54, 1.807) is 6.07 Å². The van der Waals surface area contributed by atoms with Gasteiger partial charge in [-0.2, -0.15) is 0 Å². The van der Waals surface area contributed by atoms with Crippen molar-refractivity contribution in [1.29, 1.82) is 0 Å². The van der Waals surface area contributed by atoms with Crippen LogP contribution in [-0.4, -0.2) is 18.3 Å². The first-order chi connectivity index (χ1) is 10.1. The molecule has 1 aliphatic rings. The Kier molecular flexibility index (Phi) is 3.51. The molecule has 2 aromatic carbocycles. The SMILES string of the molecule is COc1ccc([C@@H]2Oc3ccc(F)cc3C[C@@H]2O)cc1F. The van der Waals surface area contributed by atoms with Crippen LogP contribution in [0.4, 0.5) is 8.78 Å². The zero-order chi connectivity index (χ0) is 15.0. The summed E-state index contributed by atoms with van der Waals surface area (Å²) in [5, 5.41) is 10.2. The molecule has 110 valence electrons. The Balaban J connectivity index is 1.93. The Bertz CT molecular complexity index is 673. The number of benzene rings is 2. The third-order valence-electron chi connectivity index (χ3n) is 3.56. The minimum atomic E-state index is -0.868. The lowest BCUT2D eigenvalue weighted by molar-refractivity contribution is 0.0205. The molecule has 1 aliphatic heterocycles. The van der Waals surface area contributed by atoms with Crippen molar-refractivity contribution in [3.8, 4) is 11.5 Å². The summed E-state index contributed by atoms with van der Waals surface area (Å²) < 4.78 is 37.5. The molecular formula is C16H14F2O3. The van der Waals surface area contributed by atoms with Gasteiger partial charge in [-0.25, -0.2) is 8.78 Å². The maximum atomic E-state index is 13.8. The zero-order valence-electron chi connectivity index (χ0n) is 11.3. The van der Waals surface area contributed by atoms with Crippen molar-refractivity contribution >= 4 is 0 Å². The van der Waals surface area contributed by atoms with E-state index in [2.05, 4.69) is 0 Å². The molecule has 1 N–H and O–H groups in total. The van der Waals surface area contributed by atoms with Crippen LogP contribution in [0, 0.1) is 11.6 Å². The van der Waals surface area contributed by atoms with Gasteiger partial charge in [0.05, 0.1) is 13.2 Å². The monoisotopic (exact) mass is 292 g/mol. The van der Waals surface area contributed by atoms with Crippen molar-refractivity contribution in [3.05, 3.63) is 59.2 Å². The second-order valence-electron chi connectivity index (χ2n) is 4.96. The van der Waals surface area contributed by atoms with Crippen LogP contribution < -0.4 is 9.47 Å². The molecular weight excluding hydrogens is 278 g/mol. The summed E-state index contributed by atoms with van der Waals surface area (Å²) >= 11 is 0. The fourth-order valence-electron chi connectivity index (χ4n) is 2.52. The number of aliphatic hydroxyl groups excluding tert-OH is 1. The Hall–Kier alpha value is -2.14. The minimum absolute atomic E-state index is 0.131. The summed E-state index contributed by atoms with van der Waals surface area (Å²) in [4.78, 5) is 0. The smallest absolute Gasteiger partial charge is 0.165 e. The van der Waals surface area contributed by atoms with Crippen molar-refractivity contribution in [2.75, 3.05) is 7.11 Å². The number of aliphatic hydroxyl groups is 1. The quantitative estimate of drug-likeness (QED) is 0.924. The molecule has 0 radical (unpaired) electrons. The normalized spacial score (nSPS) is 20.6. The van der Waals surface area contributed by atoms with Gasteiger partial charge in [-0.05, 0) is 41.5 Å². The maximum Gasteiger partial charge on any atom is 0.165 e. The summed E-state index contributed by atoms with van der Waals surface area (Å²) in [5.74, 6) is -0.261. The highest BCUT2D eigenvalue weighted by Gasteiger charge is 2.30. The topological polar surface area (TPSA) is 38.7 Å². The molecule has 0 bridgehead atoms. The fraction of sp³-hybridized carbons (Fsp3) is 0.250. The van der Waals surface area contributed by atoms with E-state index >= 15 is 0 Å². The summed E-state index contributed by atoms with van der Waals surface area (Å²) in [6.45, 7) is 0. The lowest BCUT2D eigenvalue weighted by Crippen LogP contribution is -2.30. The van der Waals surface area contributed by atoms with Gasteiger partial charge in [0.15, 0.2) is 11.6 Å². The average molecular weight is 292 g/mol. The lowest BCUT2D eigenvalue weighted by atomic mass is 9.94. The van der Waals surface area contributed by atoms with E-state index in [-0.39, 0.29) is 18.0 Å². The highest BCUT2D eigenvalue weighted by molar-refractivity contribution is 5.39. The molecule has 2 aromatic rings. The predicted octanol–water partition coefficient (Wildman–Crippen LogP) is 3.01. The van der Waals surface area contributed by atoms with Crippen LogP contribution in [0.1, 0.15) is 17.2 Å². The third-order valence-corrected chi connectivity index (χ3v) is 3.56. The van der Waals surface area contributed by atoms with E-state index in [1.165, 1.54) is 37.4 Å². The zero-order valence-corrected chi connectivity index (χ0v) is 11.3. The number of methoxy groups -OCH3 is 1. The molecule has 0 fully saturated rings. The molecule has 0 aliphatic carbocycles. The fourth-order valence-corrected chi connectivity index (χ4v) is 2.52. The van der Waals surface area contributed by atoms with Gasteiger partial charge < -0.3 is 14.6 Å². The molecule has 0 aromatic heterocycles. The van der Waals surface area contributed by atoms with E-state index in [1.807, 2.05) is 0 Å². The van der Waals surface area contributed by atoms with Gasteiger partial charge in [-0.3, -0.25) is 0 Å². The number of halogens is 2. The van der Waals surface area contributed by atoms with E-state index in [0.29, 0.717) is 16.9 Å². The minimum Gasteiger partial charge on any atom is -0.494 e. The van der Waals surface area contributed by atoms with Crippen LogP contribution in [0.2, 0.25) is 0 Å². The third kappa shape index (κ3) is 2.56. The van der Waals surface area contributed by atoms with Crippen molar-refractivity contribution < 1.29 is 23.4 Å². The molecule has 0 saturated carbocycles. The molecule has 3 rings (SSSR count). The molecule has 3 nitrogen and oxygen atoms in total. The maximum absolute atomic E-state index is 13.8. The molecule has 0 amide bonds. The van der Waals surface area contributed by atoms with Gasteiger partial charge in [0.1, 0.15) is 17.7 Å². The standard InChI is InChI=1S/C16H14F2O3/c1-20-15-4-2-9(7-12(15)18)16-13(19)8-10-6-11(17)3-5-14(10)21-16/h2-7,13,16,19H,8H2,1H3/t13-,16-/m0/s1. The first-order valence-electron chi connectivity index (χ1n) is 6.55. The van der Waals surface area contributed by atoms with Gasteiger partial charge in [-0.15, -0.1) is 0 Å². The molecule has 5 heteroatoms. The van der Waals surface area contributed by atoms with Gasteiger partial charge >= 0.3 is 0 Å². The van der Waals surface area contributed by atoms with E-state index in [4.69, 9.17) is 9.47 Å². The molecule has 2 atom stereocenters. The van der Waals surface area contributed by atoms with Gasteiger partial charge in [0.2, 0.25) is 0 Å². The van der Waals surface area contributed by atoms with Crippen LogP contribution in [-0.2, 0) is 6.42 Å². The summed E-state index contributed by atoms with van der Waals surface area (Å²) in [6, 6.07) is 8.56. The average Bonchev–Trinajstić information content (AvgIpc) is 2.46. The van der Waals surface area contributed by atoms with Gasteiger partial charge in [0, 0.05) is 6.42 Å². The largest absolute Gasteiger partial charge is 0.494 e. The summed E-state index contributed by atoms with van der Waals surface area (Å²) in [6.07, 6.45) is -1.30. The van der Waals surface area contributed by atoms with Gasteiger partial charge in [-0.1, -0.05) is 6.07 Å². The number of hydrogen-bond donors (Lipinski definition) is 1. The molecule has 21 heavy (non-hydrogen) atoms. The van der Waals surface area contributed by atoms with Crippen molar-refractivity contribution in [1.82, 2.24) is 0 Å².